The normalized spacial score (nSPS) is 19.9. The molecule has 2 unspecified atom stereocenters. The van der Waals surface area contributed by atoms with E-state index in [0.29, 0.717) is 6.04 Å². The summed E-state index contributed by atoms with van der Waals surface area (Å²) in [7, 11) is 0. The second-order valence-corrected chi connectivity index (χ2v) is 6.31. The topological polar surface area (TPSA) is 39.1 Å². The highest BCUT2D eigenvalue weighted by Crippen LogP contribution is 2.32. The van der Waals surface area contributed by atoms with Gasteiger partial charge in [0, 0.05) is 18.3 Å². The maximum Gasteiger partial charge on any atom is 0.103 e. The van der Waals surface area contributed by atoms with Gasteiger partial charge in [-0.05, 0) is 57.7 Å². The van der Waals surface area contributed by atoms with Gasteiger partial charge in [-0.15, -0.1) is 0 Å². The monoisotopic (exact) mass is 285 g/mol. The third kappa shape index (κ3) is 3.77. The third-order valence-corrected chi connectivity index (χ3v) is 4.49. The van der Waals surface area contributed by atoms with E-state index in [1.165, 1.54) is 11.3 Å². The van der Waals surface area contributed by atoms with Crippen LogP contribution in [0.5, 0.6) is 0 Å². The molecule has 0 amide bonds. The van der Waals surface area contributed by atoms with Gasteiger partial charge in [0.25, 0.3) is 0 Å². The van der Waals surface area contributed by atoms with Crippen LogP contribution < -0.4 is 10.2 Å². The first-order valence-corrected chi connectivity index (χ1v) is 8.10. The lowest BCUT2D eigenvalue weighted by Crippen LogP contribution is -2.40. The number of rotatable bonds is 7. The van der Waals surface area contributed by atoms with Crippen LogP contribution in [0.1, 0.15) is 45.6 Å². The Balaban J connectivity index is 1.83. The van der Waals surface area contributed by atoms with Gasteiger partial charge in [-0.25, -0.2) is 0 Å². The molecule has 1 aliphatic rings. The Morgan fingerprint density at radius 2 is 2.14 bits per heavy atom. The van der Waals surface area contributed by atoms with E-state index in [1.54, 1.807) is 0 Å². The summed E-state index contributed by atoms with van der Waals surface area (Å²) < 4.78 is 0. The van der Waals surface area contributed by atoms with Crippen LogP contribution in [-0.4, -0.2) is 24.7 Å². The van der Waals surface area contributed by atoms with Crippen molar-refractivity contribution in [3.8, 4) is 6.07 Å². The number of fused-ring (bicyclic) bond motifs is 1. The largest absolute Gasteiger partial charge is 0.368 e. The van der Waals surface area contributed by atoms with Crippen LogP contribution in [0.25, 0.3) is 0 Å². The lowest BCUT2D eigenvalue weighted by atomic mass is 9.96. The lowest BCUT2D eigenvalue weighted by Gasteiger charge is -2.26. The molecule has 3 nitrogen and oxygen atoms in total. The number of unbranched alkanes of at least 4 members (excludes halogenated alkanes) is 1. The summed E-state index contributed by atoms with van der Waals surface area (Å²) in [6, 6.07) is 11.7. The van der Waals surface area contributed by atoms with E-state index < -0.39 is 0 Å². The molecule has 2 atom stereocenters. The minimum absolute atomic E-state index is 0.372. The van der Waals surface area contributed by atoms with Crippen molar-refractivity contribution >= 4 is 5.69 Å². The summed E-state index contributed by atoms with van der Waals surface area (Å²) in [5.41, 5.74) is 2.50. The molecule has 1 aromatic carbocycles. The van der Waals surface area contributed by atoms with Gasteiger partial charge in [0.1, 0.15) is 5.54 Å². The second kappa shape index (κ2) is 6.95. The highest BCUT2D eigenvalue weighted by molar-refractivity contribution is 5.59. The first-order valence-electron chi connectivity index (χ1n) is 8.10. The number of benzene rings is 1. The van der Waals surface area contributed by atoms with E-state index in [1.807, 2.05) is 6.92 Å². The number of nitrogens with one attached hydrogen (secondary N) is 1. The zero-order valence-electron chi connectivity index (χ0n) is 13.5. The maximum absolute atomic E-state index is 9.28. The van der Waals surface area contributed by atoms with Crippen LogP contribution in [0.4, 0.5) is 5.69 Å². The molecule has 3 heteroatoms. The summed E-state index contributed by atoms with van der Waals surface area (Å²) in [6.45, 7) is 8.30. The van der Waals surface area contributed by atoms with Crippen molar-refractivity contribution in [2.45, 2.75) is 58.0 Å². The Kier molecular flexibility index (Phi) is 5.25. The molecule has 2 rings (SSSR count). The molecule has 0 radical (unpaired) electrons. The van der Waals surface area contributed by atoms with Crippen LogP contribution in [0.15, 0.2) is 24.3 Å². The third-order valence-electron chi connectivity index (χ3n) is 4.49. The Morgan fingerprint density at radius 1 is 1.38 bits per heavy atom. The zero-order chi connectivity index (χ0) is 15.3. The van der Waals surface area contributed by atoms with E-state index in [4.69, 9.17) is 0 Å². The van der Waals surface area contributed by atoms with E-state index in [2.05, 4.69) is 54.4 Å². The smallest absolute Gasteiger partial charge is 0.103 e. The van der Waals surface area contributed by atoms with Gasteiger partial charge < -0.3 is 4.90 Å². The van der Waals surface area contributed by atoms with Crippen LogP contribution >= 0.6 is 0 Å². The van der Waals surface area contributed by atoms with Crippen LogP contribution in [-0.2, 0) is 6.42 Å². The predicted molar refractivity (Wildman–Crippen MR) is 88.5 cm³/mol. The van der Waals surface area contributed by atoms with Crippen LogP contribution in [0.2, 0.25) is 0 Å². The number of nitrogens with zero attached hydrogens (tertiary/aromatic N) is 2. The average molecular weight is 285 g/mol. The summed E-state index contributed by atoms with van der Waals surface area (Å²) in [5.74, 6) is 0. The molecule has 1 aromatic rings. The molecule has 0 saturated carbocycles. The minimum atomic E-state index is -0.372. The van der Waals surface area contributed by atoms with Gasteiger partial charge in [0.05, 0.1) is 6.07 Å². The highest BCUT2D eigenvalue weighted by Gasteiger charge is 2.25. The van der Waals surface area contributed by atoms with Crippen molar-refractivity contribution in [1.82, 2.24) is 5.32 Å². The molecule has 114 valence electrons. The van der Waals surface area contributed by atoms with Crippen molar-refractivity contribution in [3.05, 3.63) is 29.8 Å². The molecule has 0 fully saturated rings. The Morgan fingerprint density at radius 3 is 2.86 bits per heavy atom. The van der Waals surface area contributed by atoms with Gasteiger partial charge in [0.2, 0.25) is 0 Å². The number of nitriles is 1. The fourth-order valence-electron chi connectivity index (χ4n) is 3.31. The van der Waals surface area contributed by atoms with Gasteiger partial charge in [-0.3, -0.25) is 5.32 Å². The van der Waals surface area contributed by atoms with Crippen molar-refractivity contribution in [2.24, 2.45) is 0 Å². The van der Waals surface area contributed by atoms with Crippen molar-refractivity contribution in [1.29, 1.82) is 5.26 Å². The average Bonchev–Trinajstić information content (AvgIpc) is 2.80. The summed E-state index contributed by atoms with van der Waals surface area (Å²) >= 11 is 0. The number of para-hydroxylation sites is 1. The summed E-state index contributed by atoms with van der Waals surface area (Å²) in [5, 5.41) is 12.6. The van der Waals surface area contributed by atoms with Gasteiger partial charge in [-0.2, -0.15) is 5.26 Å². The first-order chi connectivity index (χ1) is 10.1. The lowest BCUT2D eigenvalue weighted by molar-refractivity contribution is 0.410. The summed E-state index contributed by atoms with van der Waals surface area (Å²) in [4.78, 5) is 2.52. The SMILES string of the molecule is CCNC(C)(C#N)CCCCN1c2ccccc2CC1C. The predicted octanol–water partition coefficient (Wildman–Crippen LogP) is 3.50. The highest BCUT2D eigenvalue weighted by atomic mass is 15.2. The van der Waals surface area contributed by atoms with E-state index >= 15 is 0 Å². The molecular weight excluding hydrogens is 258 g/mol. The molecule has 1 heterocycles. The van der Waals surface area contributed by atoms with E-state index in [0.717, 1.165) is 38.8 Å². The fraction of sp³-hybridized carbons (Fsp3) is 0.611. The van der Waals surface area contributed by atoms with E-state index in [-0.39, 0.29) is 5.54 Å². The summed E-state index contributed by atoms with van der Waals surface area (Å²) in [6.07, 6.45) is 4.30. The quantitative estimate of drug-likeness (QED) is 0.779. The van der Waals surface area contributed by atoms with Crippen LogP contribution in [0.3, 0.4) is 0 Å². The molecule has 0 bridgehead atoms. The number of hydrogen-bond acceptors (Lipinski definition) is 3. The van der Waals surface area contributed by atoms with Gasteiger partial charge in [-0.1, -0.05) is 25.1 Å². The Labute approximate surface area is 129 Å². The van der Waals surface area contributed by atoms with Crippen molar-refractivity contribution in [2.75, 3.05) is 18.0 Å². The molecule has 21 heavy (non-hydrogen) atoms. The van der Waals surface area contributed by atoms with Gasteiger partial charge in [0.15, 0.2) is 0 Å². The molecular formula is C18H27N3. The molecule has 0 spiro atoms. The first kappa shape index (κ1) is 15.9. The van der Waals surface area contributed by atoms with Crippen LogP contribution in [0, 0.1) is 11.3 Å². The number of hydrogen-bond donors (Lipinski definition) is 1. The second-order valence-electron chi connectivity index (χ2n) is 6.31. The Hall–Kier alpha value is -1.53. The standard InChI is InChI=1S/C18H27N3/c1-4-20-18(3,14-19)11-7-8-12-21-15(2)13-16-9-5-6-10-17(16)21/h5-6,9-10,15,20H,4,7-8,11-13H2,1-3H3. The maximum atomic E-state index is 9.28. The van der Waals surface area contributed by atoms with E-state index in [9.17, 15) is 5.26 Å². The van der Waals surface area contributed by atoms with Crippen molar-refractivity contribution in [3.63, 3.8) is 0 Å². The van der Waals surface area contributed by atoms with Crippen molar-refractivity contribution < 1.29 is 0 Å². The number of anilines is 1. The molecule has 0 aromatic heterocycles. The molecule has 0 saturated heterocycles. The van der Waals surface area contributed by atoms with Gasteiger partial charge >= 0.3 is 0 Å². The fourth-order valence-corrected chi connectivity index (χ4v) is 3.31. The molecule has 0 aliphatic carbocycles. The molecule has 1 aliphatic heterocycles. The zero-order valence-corrected chi connectivity index (χ0v) is 13.5. The Bertz CT molecular complexity index is 505. The molecule has 1 N–H and O–H groups in total. The minimum Gasteiger partial charge on any atom is -0.368 e.